The Bertz CT molecular complexity index is 1080. The maximum absolute atomic E-state index is 12.5. The van der Waals surface area contributed by atoms with Gasteiger partial charge in [0.15, 0.2) is 0 Å². The summed E-state index contributed by atoms with van der Waals surface area (Å²) in [5.74, 6) is -0.187. The van der Waals surface area contributed by atoms with E-state index in [0.717, 1.165) is 5.69 Å². The van der Waals surface area contributed by atoms with E-state index in [2.05, 4.69) is 19.8 Å². The number of carbonyl (C=O) groups excluding carboxylic acids is 1. The van der Waals surface area contributed by atoms with Crippen LogP contribution < -0.4 is 10.0 Å². The number of aromatic nitrogens is 1. The number of sulfonamides is 1. The predicted molar refractivity (Wildman–Crippen MR) is 107 cm³/mol. The fourth-order valence-electron chi connectivity index (χ4n) is 2.55. The highest BCUT2D eigenvalue weighted by Crippen LogP contribution is 2.21. The average molecular weight is 397 g/mol. The number of hydrogen-bond donors (Lipinski definition) is 2. The van der Waals surface area contributed by atoms with Gasteiger partial charge in [0, 0.05) is 5.69 Å². The van der Waals surface area contributed by atoms with Gasteiger partial charge in [0.2, 0.25) is 0 Å². The molecule has 0 aliphatic carbocycles. The molecule has 0 spiro atoms. The average Bonchev–Trinajstić information content (AvgIpc) is 2.69. The number of methoxy groups -OCH3 is 1. The molecular weight excluding hydrogens is 378 g/mol. The van der Waals surface area contributed by atoms with E-state index >= 15 is 0 Å². The van der Waals surface area contributed by atoms with Crippen LogP contribution in [0.2, 0.25) is 0 Å². The molecular formula is C20H19N3O4S. The van der Waals surface area contributed by atoms with Gasteiger partial charge in [-0.1, -0.05) is 18.2 Å². The minimum Gasteiger partial charge on any atom is -0.465 e. The van der Waals surface area contributed by atoms with Crippen molar-refractivity contribution in [2.45, 2.75) is 11.8 Å². The van der Waals surface area contributed by atoms with Crippen molar-refractivity contribution in [3.05, 3.63) is 78.0 Å². The molecule has 2 aromatic carbocycles. The number of rotatable bonds is 6. The minimum atomic E-state index is -3.71. The van der Waals surface area contributed by atoms with Crippen molar-refractivity contribution < 1.29 is 17.9 Å². The standard InChI is InChI=1S/C20H19N3O4S/c1-14-5-3-4-6-18(14)28(25,26)23-19-12-11-17(13-21-19)22-16-9-7-15(8-10-16)20(24)27-2/h3-13,22H,1-2H3,(H,21,23). The number of esters is 1. The lowest BCUT2D eigenvalue weighted by Gasteiger charge is -2.11. The van der Waals surface area contributed by atoms with Crippen LogP contribution in [0.4, 0.5) is 17.2 Å². The first kappa shape index (κ1) is 19.4. The summed E-state index contributed by atoms with van der Waals surface area (Å²) in [6, 6.07) is 16.8. The van der Waals surface area contributed by atoms with Crippen molar-refractivity contribution in [1.29, 1.82) is 0 Å². The molecule has 0 unspecified atom stereocenters. The molecule has 0 saturated carbocycles. The molecule has 0 bridgehead atoms. The summed E-state index contributed by atoms with van der Waals surface area (Å²) in [4.78, 5) is 15.8. The van der Waals surface area contributed by atoms with Gasteiger partial charge in [0.05, 0.1) is 29.5 Å². The highest BCUT2D eigenvalue weighted by atomic mass is 32.2. The largest absolute Gasteiger partial charge is 0.465 e. The Hall–Kier alpha value is -3.39. The molecule has 8 heteroatoms. The molecule has 7 nitrogen and oxygen atoms in total. The SMILES string of the molecule is COC(=O)c1ccc(Nc2ccc(NS(=O)(=O)c3ccccc3C)nc2)cc1. The lowest BCUT2D eigenvalue weighted by Crippen LogP contribution is -2.15. The van der Waals surface area contributed by atoms with Crippen molar-refractivity contribution in [3.63, 3.8) is 0 Å². The highest BCUT2D eigenvalue weighted by molar-refractivity contribution is 7.92. The van der Waals surface area contributed by atoms with Crippen LogP contribution in [0.1, 0.15) is 15.9 Å². The Labute approximate surface area is 163 Å². The van der Waals surface area contributed by atoms with Crippen molar-refractivity contribution in [1.82, 2.24) is 4.98 Å². The summed E-state index contributed by atoms with van der Waals surface area (Å²) in [5.41, 5.74) is 2.53. The molecule has 0 saturated heterocycles. The van der Waals surface area contributed by atoms with Gasteiger partial charge >= 0.3 is 5.97 Å². The second-order valence-electron chi connectivity index (χ2n) is 6.00. The van der Waals surface area contributed by atoms with Crippen LogP contribution in [0, 0.1) is 6.92 Å². The van der Waals surface area contributed by atoms with Crippen molar-refractivity contribution in [3.8, 4) is 0 Å². The highest BCUT2D eigenvalue weighted by Gasteiger charge is 2.16. The van der Waals surface area contributed by atoms with Crippen molar-refractivity contribution >= 4 is 33.2 Å². The Morgan fingerprint density at radius 1 is 0.964 bits per heavy atom. The van der Waals surface area contributed by atoms with Crippen LogP contribution in [0.25, 0.3) is 0 Å². The fraction of sp³-hybridized carbons (Fsp3) is 0.100. The summed E-state index contributed by atoms with van der Waals surface area (Å²) in [7, 11) is -2.38. The number of pyridine rings is 1. The molecule has 0 radical (unpaired) electrons. The van der Waals surface area contributed by atoms with Gasteiger partial charge in [0.1, 0.15) is 5.82 Å². The number of aryl methyl sites for hydroxylation is 1. The Morgan fingerprint density at radius 3 is 2.25 bits per heavy atom. The maximum Gasteiger partial charge on any atom is 0.337 e. The van der Waals surface area contributed by atoms with E-state index in [1.54, 1.807) is 67.6 Å². The minimum absolute atomic E-state index is 0.213. The molecule has 0 aliphatic heterocycles. The third kappa shape index (κ3) is 4.47. The quantitative estimate of drug-likeness (QED) is 0.615. The van der Waals surface area contributed by atoms with Gasteiger partial charge < -0.3 is 10.1 Å². The molecule has 0 fully saturated rings. The Kier molecular flexibility index (Phi) is 5.60. The number of benzene rings is 2. The van der Waals surface area contributed by atoms with Gasteiger partial charge in [-0.15, -0.1) is 0 Å². The first-order valence-corrected chi connectivity index (χ1v) is 9.87. The van der Waals surface area contributed by atoms with E-state index < -0.39 is 16.0 Å². The first-order chi connectivity index (χ1) is 13.4. The van der Waals surface area contributed by atoms with Crippen molar-refractivity contribution in [2.75, 3.05) is 17.1 Å². The number of hydrogen-bond acceptors (Lipinski definition) is 6. The molecule has 3 rings (SSSR count). The number of carbonyl (C=O) groups is 1. The second-order valence-corrected chi connectivity index (χ2v) is 7.65. The topological polar surface area (TPSA) is 97.4 Å². The van der Waals surface area contributed by atoms with Gasteiger partial charge in [-0.25, -0.2) is 18.2 Å². The molecule has 1 aromatic heterocycles. The Morgan fingerprint density at radius 2 is 1.64 bits per heavy atom. The third-order valence-electron chi connectivity index (χ3n) is 3.98. The lowest BCUT2D eigenvalue weighted by molar-refractivity contribution is 0.0600. The van der Waals surface area contributed by atoms with E-state index in [-0.39, 0.29) is 10.7 Å². The van der Waals surface area contributed by atoms with E-state index in [1.165, 1.54) is 13.3 Å². The van der Waals surface area contributed by atoms with Crippen LogP contribution in [-0.4, -0.2) is 26.5 Å². The van der Waals surface area contributed by atoms with E-state index in [4.69, 9.17) is 0 Å². The zero-order valence-corrected chi connectivity index (χ0v) is 16.2. The first-order valence-electron chi connectivity index (χ1n) is 8.39. The van der Waals surface area contributed by atoms with Crippen LogP contribution in [0.15, 0.2) is 71.8 Å². The molecule has 144 valence electrons. The molecule has 3 aromatic rings. The Balaban J connectivity index is 1.70. The maximum atomic E-state index is 12.5. The van der Waals surface area contributed by atoms with E-state index in [9.17, 15) is 13.2 Å². The normalized spacial score (nSPS) is 10.9. The number of ether oxygens (including phenoxy) is 1. The molecule has 1 heterocycles. The van der Waals surface area contributed by atoms with Crippen LogP contribution >= 0.6 is 0 Å². The number of nitrogens with zero attached hydrogens (tertiary/aromatic N) is 1. The molecule has 0 amide bonds. The van der Waals surface area contributed by atoms with Gasteiger partial charge in [-0.3, -0.25) is 4.72 Å². The van der Waals surface area contributed by atoms with Gasteiger partial charge in [-0.05, 0) is 55.0 Å². The molecule has 2 N–H and O–H groups in total. The predicted octanol–water partition coefficient (Wildman–Crippen LogP) is 3.72. The van der Waals surface area contributed by atoms with Crippen LogP contribution in [-0.2, 0) is 14.8 Å². The van der Waals surface area contributed by atoms with Crippen LogP contribution in [0.5, 0.6) is 0 Å². The molecule has 0 atom stereocenters. The summed E-state index contributed by atoms with van der Waals surface area (Å²) >= 11 is 0. The molecule has 28 heavy (non-hydrogen) atoms. The lowest BCUT2D eigenvalue weighted by atomic mass is 10.2. The second kappa shape index (κ2) is 8.10. The smallest absolute Gasteiger partial charge is 0.337 e. The third-order valence-corrected chi connectivity index (χ3v) is 5.50. The summed E-state index contributed by atoms with van der Waals surface area (Å²) in [6.45, 7) is 1.74. The van der Waals surface area contributed by atoms with E-state index in [0.29, 0.717) is 16.8 Å². The molecule has 0 aliphatic rings. The monoisotopic (exact) mass is 397 g/mol. The fourth-order valence-corrected chi connectivity index (χ4v) is 3.81. The number of nitrogens with one attached hydrogen (secondary N) is 2. The van der Waals surface area contributed by atoms with Gasteiger partial charge in [-0.2, -0.15) is 0 Å². The van der Waals surface area contributed by atoms with E-state index in [1.807, 2.05) is 0 Å². The summed E-state index contributed by atoms with van der Waals surface area (Å²) < 4.78 is 32.1. The zero-order chi connectivity index (χ0) is 20.1. The van der Waals surface area contributed by atoms with Crippen LogP contribution in [0.3, 0.4) is 0 Å². The summed E-state index contributed by atoms with van der Waals surface area (Å²) in [6.07, 6.45) is 1.52. The zero-order valence-electron chi connectivity index (χ0n) is 15.3. The van der Waals surface area contributed by atoms with Crippen molar-refractivity contribution in [2.24, 2.45) is 0 Å². The summed E-state index contributed by atoms with van der Waals surface area (Å²) in [5, 5.41) is 3.13. The van der Waals surface area contributed by atoms with Gasteiger partial charge in [0.25, 0.3) is 10.0 Å². The number of anilines is 3.